The van der Waals surface area contributed by atoms with Crippen molar-refractivity contribution in [2.75, 3.05) is 42.6 Å². The van der Waals surface area contributed by atoms with Crippen molar-refractivity contribution in [3.63, 3.8) is 0 Å². The number of carbonyl (C=O) groups is 7. The Morgan fingerprint density at radius 1 is 0.714 bits per heavy atom. The van der Waals surface area contributed by atoms with Crippen molar-refractivity contribution in [2.45, 2.75) is 167 Å². The van der Waals surface area contributed by atoms with E-state index in [1.165, 1.54) is 6.92 Å². The van der Waals surface area contributed by atoms with Crippen LogP contribution in [0.15, 0.2) is 34.9 Å². The lowest BCUT2D eigenvalue weighted by molar-refractivity contribution is -0.325. The number of aliphatic hydroxyl groups is 1. The largest absolute Gasteiger partial charge is 0.478 e. The summed E-state index contributed by atoms with van der Waals surface area (Å²) in [4.78, 5) is 88.7. The number of hydrogen-bond donors (Lipinski definition) is 2. The number of carboxylic acids is 1. The third-order valence-electron chi connectivity index (χ3n) is 17.0. The van der Waals surface area contributed by atoms with Gasteiger partial charge in [0.05, 0.1) is 12.2 Å². The van der Waals surface area contributed by atoms with Crippen LogP contribution in [0.2, 0.25) is 0 Å². The summed E-state index contributed by atoms with van der Waals surface area (Å²) < 4.78 is 59.2. The second kappa shape index (κ2) is 27.0. The van der Waals surface area contributed by atoms with Crippen LogP contribution in [0.3, 0.4) is 0 Å². The molecule has 6 rings (SSSR count). The zero-order valence-electron chi connectivity index (χ0n) is 44.2. The third-order valence-corrected chi connectivity index (χ3v) is 18.1. The molecule has 77 heavy (non-hydrogen) atoms. The number of alkyl halides is 5. The molecule has 432 valence electrons. The minimum atomic E-state index is -1.73. The van der Waals surface area contributed by atoms with Gasteiger partial charge in [-0.2, -0.15) is 0 Å². The molecule has 0 aromatic carbocycles. The molecular formula is C53H71Cl5O19. The molecule has 5 fully saturated rings. The van der Waals surface area contributed by atoms with Crippen LogP contribution in [0.25, 0.3) is 0 Å². The molecule has 0 amide bonds. The molecule has 1 saturated heterocycles. The molecule has 24 heteroatoms. The van der Waals surface area contributed by atoms with Crippen LogP contribution < -0.4 is 0 Å². The Balaban J connectivity index is 1.26. The molecule has 0 aromatic heterocycles. The predicted octanol–water partition coefficient (Wildman–Crippen LogP) is 7.10. The van der Waals surface area contributed by atoms with E-state index in [1.807, 2.05) is 19.9 Å². The van der Waals surface area contributed by atoms with E-state index < -0.39 is 157 Å². The minimum absolute atomic E-state index is 0.0672. The number of ether oxygens (including phenoxy) is 10. The van der Waals surface area contributed by atoms with E-state index in [-0.39, 0.29) is 47.2 Å². The molecule has 2 aliphatic heterocycles. The fourth-order valence-corrected chi connectivity index (χ4v) is 14.1. The fraction of sp³-hybridized carbons (Fsp3) is 0.755. The standard InChI is InChI=1S/C53H71Cl5O19/c1-26(2)9-8-10-29(49(66)67)44-31-17-32(60)48-51(5)15-14-33(27(3)30(51)13-16-52(48,6)53(31,7)18-35(44)70-28(4)59)71-43-12-11-34(36(72-43)24-68-38(61)19-54)73-50-47(77-42(65)23-58)46(76-41(64)22-57)45(75-40(63)21-56)37(74-50)25-69-39(62)20-55/h9,11-12,27,30-37,43,45-48,50,60H,8,10,13-25H2,1-7H3,(H,66,67)/b44-29+/t27-,30-,31-,32+,33+,34-,35-,36+,37+,43?,45-,46-,47+,48?,50+,51-,52-,53-/m0/s1. The maximum Gasteiger partial charge on any atom is 0.331 e. The first-order valence-corrected chi connectivity index (χ1v) is 28.5. The van der Waals surface area contributed by atoms with Crippen LogP contribution >= 0.6 is 58.0 Å². The summed E-state index contributed by atoms with van der Waals surface area (Å²) in [5, 5.41) is 23.2. The Morgan fingerprint density at radius 2 is 1.30 bits per heavy atom. The molecule has 4 saturated carbocycles. The molecule has 0 aromatic rings. The lowest BCUT2D eigenvalue weighted by atomic mass is 9.36. The summed E-state index contributed by atoms with van der Waals surface area (Å²) in [6.45, 7) is 13.0. The van der Waals surface area contributed by atoms with Crippen LogP contribution in [-0.2, 0) is 80.9 Å². The summed E-state index contributed by atoms with van der Waals surface area (Å²) in [7, 11) is 0. The molecule has 6 aliphatic rings. The van der Waals surface area contributed by atoms with Crippen molar-refractivity contribution in [3.8, 4) is 0 Å². The Bertz CT molecular complexity index is 2270. The maximum atomic E-state index is 13.0. The number of carboxylic acid groups (broad SMARTS) is 1. The Kier molecular flexibility index (Phi) is 22.1. The van der Waals surface area contributed by atoms with Crippen molar-refractivity contribution in [3.05, 3.63) is 34.9 Å². The smallest absolute Gasteiger partial charge is 0.331 e. The van der Waals surface area contributed by atoms with E-state index in [9.17, 15) is 43.8 Å². The fourth-order valence-electron chi connectivity index (χ4n) is 13.8. The predicted molar refractivity (Wildman–Crippen MR) is 278 cm³/mol. The van der Waals surface area contributed by atoms with Gasteiger partial charge in [-0.05, 0) is 117 Å². The van der Waals surface area contributed by atoms with Gasteiger partial charge in [-0.1, -0.05) is 45.4 Å². The molecule has 18 atom stereocenters. The topological polar surface area (TPSA) is 252 Å². The molecule has 0 radical (unpaired) electrons. The van der Waals surface area contributed by atoms with Gasteiger partial charge in [0.25, 0.3) is 0 Å². The quantitative estimate of drug-likeness (QED) is 0.0382. The molecule has 2 N–H and O–H groups in total. The van der Waals surface area contributed by atoms with Gasteiger partial charge in [-0.25, -0.2) is 4.79 Å². The van der Waals surface area contributed by atoms with Crippen LogP contribution in [0, 0.1) is 39.9 Å². The number of aliphatic carboxylic acids is 1. The van der Waals surface area contributed by atoms with Crippen molar-refractivity contribution < 1.29 is 91.1 Å². The SMILES string of the molecule is CC(=O)O[C@H]1C[C@@]2(C)[C@@H](C[C@@H](O)C3[C@]2(C)CC[C@H]2[C@H](C)[C@H](OC4C=C[C@H](O[C@@H]5O[C@H](COC(=O)CCl)[C@H](OC(=O)CCl)[C@H](OC(=O)CCl)[C@H]5OC(=O)CCl)[C@@H](COC(=O)CCl)O4)CC[C@]32C)/C1=C(/CCC=C(C)C)C(=O)O. The molecule has 4 aliphatic carbocycles. The van der Waals surface area contributed by atoms with Gasteiger partial charge in [0, 0.05) is 12.5 Å². The Labute approximate surface area is 473 Å². The van der Waals surface area contributed by atoms with E-state index in [0.717, 1.165) is 12.0 Å². The summed E-state index contributed by atoms with van der Waals surface area (Å²) in [5.41, 5.74) is 0.547. The highest BCUT2D eigenvalue weighted by molar-refractivity contribution is 6.27. The molecule has 0 spiro atoms. The van der Waals surface area contributed by atoms with Crippen molar-refractivity contribution in [1.29, 1.82) is 0 Å². The van der Waals surface area contributed by atoms with Crippen LogP contribution in [0.1, 0.15) is 99.8 Å². The maximum absolute atomic E-state index is 13.0. The minimum Gasteiger partial charge on any atom is -0.478 e. The zero-order valence-corrected chi connectivity index (χ0v) is 48.0. The lowest BCUT2D eigenvalue weighted by Gasteiger charge is -2.69. The highest BCUT2D eigenvalue weighted by Crippen LogP contribution is 2.74. The third kappa shape index (κ3) is 13.9. The molecule has 0 bridgehead atoms. The number of fused-ring (bicyclic) bond motifs is 5. The van der Waals surface area contributed by atoms with Gasteiger partial charge >= 0.3 is 41.8 Å². The van der Waals surface area contributed by atoms with Crippen LogP contribution in [-0.4, -0.2) is 162 Å². The second-order valence-corrected chi connectivity index (χ2v) is 23.1. The molecule has 19 nitrogen and oxygen atoms in total. The van der Waals surface area contributed by atoms with Crippen molar-refractivity contribution in [1.82, 2.24) is 0 Å². The first-order chi connectivity index (χ1) is 36.4. The van der Waals surface area contributed by atoms with Gasteiger partial charge < -0.3 is 57.6 Å². The number of esters is 6. The number of carbonyl (C=O) groups excluding carboxylic acids is 6. The first kappa shape index (κ1) is 62.9. The zero-order chi connectivity index (χ0) is 56.7. The molecule has 2 unspecified atom stereocenters. The van der Waals surface area contributed by atoms with Crippen LogP contribution in [0.4, 0.5) is 0 Å². The lowest BCUT2D eigenvalue weighted by Crippen LogP contribution is -2.65. The highest BCUT2D eigenvalue weighted by atomic mass is 35.5. The normalized spacial score (nSPS) is 37.9. The van der Waals surface area contributed by atoms with E-state index in [2.05, 4.69) is 27.7 Å². The number of allylic oxidation sites excluding steroid dienone is 2. The van der Waals surface area contributed by atoms with Gasteiger partial charge in [-0.3, -0.25) is 28.8 Å². The molecular weight excluding hydrogens is 1120 g/mol. The highest BCUT2D eigenvalue weighted by Gasteiger charge is 2.71. The van der Waals surface area contributed by atoms with Crippen LogP contribution in [0.5, 0.6) is 0 Å². The van der Waals surface area contributed by atoms with E-state index >= 15 is 0 Å². The van der Waals surface area contributed by atoms with Gasteiger partial charge in [0.1, 0.15) is 67.0 Å². The van der Waals surface area contributed by atoms with Crippen molar-refractivity contribution >= 4 is 99.8 Å². The summed E-state index contributed by atoms with van der Waals surface area (Å²) in [6.07, 6.45) is -4.15. The number of hydrogen-bond acceptors (Lipinski definition) is 18. The van der Waals surface area contributed by atoms with Gasteiger partial charge in [-0.15, -0.1) is 58.0 Å². The average Bonchev–Trinajstić information content (AvgIpc) is 3.70. The second-order valence-electron chi connectivity index (χ2n) is 21.7. The summed E-state index contributed by atoms with van der Waals surface area (Å²) in [5.74, 6) is -9.92. The molecule has 2 heterocycles. The van der Waals surface area contributed by atoms with E-state index in [4.69, 9.17) is 105 Å². The number of aliphatic hydroxyl groups excluding tert-OH is 1. The van der Waals surface area contributed by atoms with E-state index in [0.29, 0.717) is 44.1 Å². The van der Waals surface area contributed by atoms with Gasteiger partial charge in [0.2, 0.25) is 0 Å². The average molecular weight is 1190 g/mol. The van der Waals surface area contributed by atoms with E-state index in [1.54, 1.807) is 12.2 Å². The monoisotopic (exact) mass is 1190 g/mol. The number of halogens is 5. The summed E-state index contributed by atoms with van der Waals surface area (Å²) >= 11 is 28.9. The number of rotatable bonds is 21. The van der Waals surface area contributed by atoms with Gasteiger partial charge in [0.15, 0.2) is 30.9 Å². The first-order valence-electron chi connectivity index (χ1n) is 25.8. The van der Waals surface area contributed by atoms with Crippen molar-refractivity contribution in [2.24, 2.45) is 39.9 Å². The summed E-state index contributed by atoms with van der Waals surface area (Å²) in [6, 6.07) is 0. The Morgan fingerprint density at radius 3 is 1.87 bits per heavy atom. The Hall–Kier alpha value is -3.24.